The predicted octanol–water partition coefficient (Wildman–Crippen LogP) is 2.11. The van der Waals surface area contributed by atoms with Gasteiger partial charge in [0.2, 0.25) is 0 Å². The van der Waals surface area contributed by atoms with Crippen LogP contribution in [0.25, 0.3) is 0 Å². The number of likely N-dealkylation sites (N-methyl/N-ethyl adjacent to an activating group) is 1. The Bertz CT molecular complexity index is 357. The van der Waals surface area contributed by atoms with E-state index in [4.69, 9.17) is 0 Å². The van der Waals surface area contributed by atoms with Crippen molar-refractivity contribution in [3.05, 3.63) is 18.1 Å². The summed E-state index contributed by atoms with van der Waals surface area (Å²) in [6, 6.07) is 1.98. The summed E-state index contributed by atoms with van der Waals surface area (Å²) in [6.45, 7) is 8.72. The molecule has 1 heterocycles. The monoisotopic (exact) mass is 250 g/mol. The van der Waals surface area contributed by atoms with Gasteiger partial charge in [0.1, 0.15) is 11.6 Å². The molecule has 0 saturated heterocycles. The van der Waals surface area contributed by atoms with E-state index in [-0.39, 0.29) is 0 Å². The van der Waals surface area contributed by atoms with Crippen molar-refractivity contribution in [1.29, 1.82) is 0 Å². The molecule has 1 aromatic heterocycles. The Morgan fingerprint density at radius 2 is 2.06 bits per heavy atom. The number of hydrogen-bond acceptors (Lipinski definition) is 4. The number of hydrogen-bond donors (Lipinski definition) is 1. The van der Waals surface area contributed by atoms with Gasteiger partial charge in [0.05, 0.1) is 0 Å². The van der Waals surface area contributed by atoms with E-state index in [1.165, 1.54) is 0 Å². The minimum absolute atomic E-state index is 0.357. The molecule has 0 bridgehead atoms. The Morgan fingerprint density at radius 3 is 2.67 bits per heavy atom. The smallest absolute Gasteiger partial charge is 0.131 e. The first-order valence-electron chi connectivity index (χ1n) is 6.60. The predicted molar refractivity (Wildman–Crippen MR) is 77.0 cm³/mol. The van der Waals surface area contributed by atoms with Gasteiger partial charge in [-0.3, -0.25) is 0 Å². The van der Waals surface area contributed by atoms with Crippen molar-refractivity contribution in [3.63, 3.8) is 0 Å². The third-order valence-electron chi connectivity index (χ3n) is 2.88. The highest BCUT2D eigenvalue weighted by molar-refractivity contribution is 5.36. The lowest BCUT2D eigenvalue weighted by Crippen LogP contribution is -2.24. The van der Waals surface area contributed by atoms with Crippen LogP contribution in [0.15, 0.2) is 12.3 Å². The zero-order valence-electron chi connectivity index (χ0n) is 12.3. The molecule has 0 aliphatic heterocycles. The summed E-state index contributed by atoms with van der Waals surface area (Å²) in [4.78, 5) is 11.1. The summed E-state index contributed by atoms with van der Waals surface area (Å²) in [7, 11) is 4.04. The maximum Gasteiger partial charge on any atom is 0.131 e. The van der Waals surface area contributed by atoms with Gasteiger partial charge in [0.15, 0.2) is 0 Å². The standard InChI is InChI=1S/C14H26N4/c1-14(2,3)8-11-18(5)13-7-10-16-12(17-13)6-9-15-4/h7,10,15H,6,8-9,11H2,1-5H3. The Hall–Kier alpha value is -1.16. The molecular weight excluding hydrogens is 224 g/mol. The maximum atomic E-state index is 4.59. The minimum atomic E-state index is 0.357. The molecule has 0 aliphatic rings. The van der Waals surface area contributed by atoms with Crippen LogP contribution in [0, 0.1) is 5.41 Å². The van der Waals surface area contributed by atoms with E-state index < -0.39 is 0 Å². The molecule has 0 radical (unpaired) electrons. The average Bonchev–Trinajstić information content (AvgIpc) is 2.33. The van der Waals surface area contributed by atoms with Crippen molar-refractivity contribution >= 4 is 5.82 Å². The molecule has 1 N–H and O–H groups in total. The molecule has 102 valence electrons. The Morgan fingerprint density at radius 1 is 1.33 bits per heavy atom. The second-order valence-electron chi connectivity index (χ2n) is 5.92. The molecule has 0 aliphatic carbocycles. The van der Waals surface area contributed by atoms with Gasteiger partial charge in [-0.15, -0.1) is 0 Å². The summed E-state index contributed by atoms with van der Waals surface area (Å²) in [5.41, 5.74) is 0.357. The van der Waals surface area contributed by atoms with E-state index >= 15 is 0 Å². The van der Waals surface area contributed by atoms with Crippen LogP contribution in [0.4, 0.5) is 5.82 Å². The summed E-state index contributed by atoms with van der Waals surface area (Å²) in [5.74, 6) is 1.92. The van der Waals surface area contributed by atoms with E-state index in [9.17, 15) is 0 Å². The zero-order valence-corrected chi connectivity index (χ0v) is 12.3. The van der Waals surface area contributed by atoms with Crippen LogP contribution in [0.5, 0.6) is 0 Å². The number of rotatable bonds is 6. The van der Waals surface area contributed by atoms with Crippen LogP contribution in [0.2, 0.25) is 0 Å². The fourth-order valence-corrected chi connectivity index (χ4v) is 1.58. The van der Waals surface area contributed by atoms with Crippen molar-refractivity contribution in [3.8, 4) is 0 Å². The summed E-state index contributed by atoms with van der Waals surface area (Å²) < 4.78 is 0. The fourth-order valence-electron chi connectivity index (χ4n) is 1.58. The normalized spacial score (nSPS) is 11.6. The second kappa shape index (κ2) is 6.69. The first kappa shape index (κ1) is 14.9. The quantitative estimate of drug-likeness (QED) is 0.839. The molecule has 0 aromatic carbocycles. The Kier molecular flexibility index (Phi) is 5.54. The zero-order chi connectivity index (χ0) is 13.6. The van der Waals surface area contributed by atoms with Gasteiger partial charge in [0, 0.05) is 32.8 Å². The highest BCUT2D eigenvalue weighted by atomic mass is 15.2. The lowest BCUT2D eigenvalue weighted by Gasteiger charge is -2.24. The molecule has 0 fully saturated rings. The Balaban J connectivity index is 2.59. The summed E-state index contributed by atoms with van der Waals surface area (Å²) in [5, 5.41) is 3.12. The molecule has 0 spiro atoms. The molecule has 4 heteroatoms. The molecule has 0 saturated carbocycles. The van der Waals surface area contributed by atoms with E-state index in [0.29, 0.717) is 5.41 Å². The van der Waals surface area contributed by atoms with Crippen LogP contribution < -0.4 is 10.2 Å². The summed E-state index contributed by atoms with van der Waals surface area (Å²) in [6.07, 6.45) is 3.87. The molecule has 18 heavy (non-hydrogen) atoms. The van der Waals surface area contributed by atoms with Gasteiger partial charge in [0.25, 0.3) is 0 Å². The highest BCUT2D eigenvalue weighted by Gasteiger charge is 2.12. The van der Waals surface area contributed by atoms with Gasteiger partial charge in [-0.1, -0.05) is 20.8 Å². The molecule has 0 unspecified atom stereocenters. The molecule has 4 nitrogen and oxygen atoms in total. The van der Waals surface area contributed by atoms with Gasteiger partial charge >= 0.3 is 0 Å². The van der Waals surface area contributed by atoms with Crippen molar-refractivity contribution < 1.29 is 0 Å². The number of nitrogens with one attached hydrogen (secondary N) is 1. The molecule has 0 atom stereocenters. The highest BCUT2D eigenvalue weighted by Crippen LogP contribution is 2.20. The number of aromatic nitrogens is 2. The SMILES string of the molecule is CNCCc1nccc(N(C)CCC(C)(C)C)n1. The van der Waals surface area contributed by atoms with Crippen molar-refractivity contribution in [2.45, 2.75) is 33.6 Å². The van der Waals surface area contributed by atoms with Gasteiger partial charge in [-0.25, -0.2) is 9.97 Å². The van der Waals surface area contributed by atoms with Crippen LogP contribution in [0.1, 0.15) is 33.0 Å². The molecular formula is C14H26N4. The van der Waals surface area contributed by atoms with Gasteiger partial charge in [-0.05, 0) is 24.9 Å². The van der Waals surface area contributed by atoms with Crippen molar-refractivity contribution in [2.75, 3.05) is 32.1 Å². The number of anilines is 1. The minimum Gasteiger partial charge on any atom is -0.360 e. The largest absolute Gasteiger partial charge is 0.360 e. The van der Waals surface area contributed by atoms with Crippen LogP contribution >= 0.6 is 0 Å². The average molecular weight is 250 g/mol. The number of nitrogens with zero attached hydrogens (tertiary/aromatic N) is 3. The lowest BCUT2D eigenvalue weighted by molar-refractivity contribution is 0.381. The summed E-state index contributed by atoms with van der Waals surface area (Å²) >= 11 is 0. The third-order valence-corrected chi connectivity index (χ3v) is 2.88. The van der Waals surface area contributed by atoms with Gasteiger partial charge in [-0.2, -0.15) is 0 Å². The Labute approximate surface area is 111 Å². The van der Waals surface area contributed by atoms with Crippen LogP contribution in [-0.2, 0) is 6.42 Å². The van der Waals surface area contributed by atoms with Crippen LogP contribution in [0.3, 0.4) is 0 Å². The second-order valence-corrected chi connectivity index (χ2v) is 5.92. The van der Waals surface area contributed by atoms with Gasteiger partial charge < -0.3 is 10.2 Å². The van der Waals surface area contributed by atoms with E-state index in [2.05, 4.69) is 48.0 Å². The fraction of sp³-hybridized carbons (Fsp3) is 0.714. The lowest BCUT2D eigenvalue weighted by atomic mass is 9.92. The first-order valence-corrected chi connectivity index (χ1v) is 6.60. The molecule has 0 amide bonds. The third kappa shape index (κ3) is 5.45. The molecule has 1 rings (SSSR count). The maximum absolute atomic E-state index is 4.59. The first-order chi connectivity index (χ1) is 8.42. The van der Waals surface area contributed by atoms with Crippen LogP contribution in [-0.4, -0.2) is 37.2 Å². The van der Waals surface area contributed by atoms with Crippen molar-refractivity contribution in [1.82, 2.24) is 15.3 Å². The topological polar surface area (TPSA) is 41.1 Å². The van der Waals surface area contributed by atoms with Crippen molar-refractivity contribution in [2.24, 2.45) is 5.41 Å². The van der Waals surface area contributed by atoms with E-state index in [1.807, 2.05) is 19.3 Å². The molecule has 1 aromatic rings. The van der Waals surface area contributed by atoms with E-state index in [0.717, 1.165) is 37.6 Å². The van der Waals surface area contributed by atoms with E-state index in [1.54, 1.807) is 0 Å².